The summed E-state index contributed by atoms with van der Waals surface area (Å²) in [4.78, 5) is 0. The molecular formula is C15H22ClN. The SMILES string of the molecule is CCC1(CNCc2ccc(C)cc2Cl)CCC1. The smallest absolute Gasteiger partial charge is 0.0453 e. The first-order chi connectivity index (χ1) is 8.15. The van der Waals surface area contributed by atoms with E-state index in [4.69, 9.17) is 11.6 Å². The van der Waals surface area contributed by atoms with E-state index in [0.29, 0.717) is 5.41 Å². The number of nitrogens with one attached hydrogen (secondary N) is 1. The van der Waals surface area contributed by atoms with Crippen molar-refractivity contribution >= 4 is 11.6 Å². The fourth-order valence-corrected chi connectivity index (χ4v) is 2.89. The summed E-state index contributed by atoms with van der Waals surface area (Å²) in [6.07, 6.45) is 5.47. The van der Waals surface area contributed by atoms with Crippen molar-refractivity contribution in [1.29, 1.82) is 0 Å². The second kappa shape index (κ2) is 5.41. The first-order valence-electron chi connectivity index (χ1n) is 6.61. The summed E-state index contributed by atoms with van der Waals surface area (Å²) in [5.74, 6) is 0. The number of benzene rings is 1. The Kier molecular flexibility index (Phi) is 4.11. The van der Waals surface area contributed by atoms with E-state index in [0.717, 1.165) is 18.1 Å². The molecule has 0 amide bonds. The molecular weight excluding hydrogens is 230 g/mol. The van der Waals surface area contributed by atoms with Crippen LogP contribution in [0, 0.1) is 12.3 Å². The minimum absolute atomic E-state index is 0.581. The quantitative estimate of drug-likeness (QED) is 0.822. The van der Waals surface area contributed by atoms with Crippen LogP contribution in [-0.4, -0.2) is 6.54 Å². The summed E-state index contributed by atoms with van der Waals surface area (Å²) in [6.45, 7) is 6.40. The van der Waals surface area contributed by atoms with Crippen molar-refractivity contribution in [3.8, 4) is 0 Å². The van der Waals surface area contributed by atoms with Gasteiger partial charge in [-0.2, -0.15) is 0 Å². The summed E-state index contributed by atoms with van der Waals surface area (Å²) >= 11 is 6.22. The second-order valence-electron chi connectivity index (χ2n) is 5.41. The van der Waals surface area contributed by atoms with Crippen molar-refractivity contribution in [2.45, 2.75) is 46.1 Å². The molecule has 0 aromatic heterocycles. The minimum atomic E-state index is 0.581. The van der Waals surface area contributed by atoms with Crippen LogP contribution in [-0.2, 0) is 6.54 Å². The highest BCUT2D eigenvalue weighted by molar-refractivity contribution is 6.31. The van der Waals surface area contributed by atoms with Crippen LogP contribution in [0.2, 0.25) is 5.02 Å². The molecule has 1 fully saturated rings. The van der Waals surface area contributed by atoms with Crippen molar-refractivity contribution < 1.29 is 0 Å². The Morgan fingerprint density at radius 2 is 2.12 bits per heavy atom. The standard InChI is InChI=1S/C15H22ClN/c1-3-15(7-4-8-15)11-17-10-13-6-5-12(2)9-14(13)16/h5-6,9,17H,3-4,7-8,10-11H2,1-2H3. The van der Waals surface area contributed by atoms with E-state index in [1.54, 1.807) is 0 Å². The summed E-state index contributed by atoms with van der Waals surface area (Å²) in [7, 11) is 0. The average molecular weight is 252 g/mol. The minimum Gasteiger partial charge on any atom is -0.312 e. The molecule has 1 aliphatic carbocycles. The van der Waals surface area contributed by atoms with Crippen LogP contribution < -0.4 is 5.32 Å². The number of halogens is 1. The highest BCUT2D eigenvalue weighted by Crippen LogP contribution is 2.43. The van der Waals surface area contributed by atoms with Crippen molar-refractivity contribution in [1.82, 2.24) is 5.32 Å². The lowest BCUT2D eigenvalue weighted by Gasteiger charge is -2.41. The van der Waals surface area contributed by atoms with E-state index in [1.165, 1.54) is 36.8 Å². The highest BCUT2D eigenvalue weighted by Gasteiger charge is 2.34. The predicted molar refractivity (Wildman–Crippen MR) is 74.5 cm³/mol. The first kappa shape index (κ1) is 12.9. The molecule has 0 aliphatic heterocycles. The number of aryl methyl sites for hydroxylation is 1. The van der Waals surface area contributed by atoms with Gasteiger partial charge in [-0.25, -0.2) is 0 Å². The van der Waals surface area contributed by atoms with Gasteiger partial charge in [-0.15, -0.1) is 0 Å². The van der Waals surface area contributed by atoms with Crippen LogP contribution in [0.3, 0.4) is 0 Å². The molecule has 0 bridgehead atoms. The molecule has 1 saturated carbocycles. The topological polar surface area (TPSA) is 12.0 Å². The molecule has 2 heteroatoms. The zero-order valence-corrected chi connectivity index (χ0v) is 11.6. The fourth-order valence-electron chi connectivity index (χ4n) is 2.59. The lowest BCUT2D eigenvalue weighted by atomic mass is 9.67. The maximum absolute atomic E-state index is 6.22. The van der Waals surface area contributed by atoms with E-state index in [-0.39, 0.29) is 0 Å². The van der Waals surface area contributed by atoms with E-state index < -0.39 is 0 Å². The first-order valence-corrected chi connectivity index (χ1v) is 6.99. The molecule has 17 heavy (non-hydrogen) atoms. The Morgan fingerprint density at radius 3 is 2.65 bits per heavy atom. The fraction of sp³-hybridized carbons (Fsp3) is 0.600. The van der Waals surface area contributed by atoms with Crippen LogP contribution >= 0.6 is 11.6 Å². The van der Waals surface area contributed by atoms with Crippen molar-refractivity contribution in [2.24, 2.45) is 5.41 Å². The molecule has 0 radical (unpaired) electrons. The number of hydrogen-bond acceptors (Lipinski definition) is 1. The Balaban J connectivity index is 1.85. The molecule has 0 atom stereocenters. The van der Waals surface area contributed by atoms with Gasteiger partial charge in [-0.1, -0.05) is 37.1 Å². The molecule has 1 aromatic rings. The van der Waals surface area contributed by atoms with Gasteiger partial charge in [0.2, 0.25) is 0 Å². The van der Waals surface area contributed by atoms with E-state index in [1.807, 2.05) is 6.07 Å². The monoisotopic (exact) mass is 251 g/mol. The van der Waals surface area contributed by atoms with Crippen LogP contribution in [0.4, 0.5) is 0 Å². The lowest BCUT2D eigenvalue weighted by molar-refractivity contribution is 0.124. The summed E-state index contributed by atoms with van der Waals surface area (Å²) in [5, 5.41) is 4.46. The summed E-state index contributed by atoms with van der Waals surface area (Å²) < 4.78 is 0. The molecule has 0 unspecified atom stereocenters. The van der Waals surface area contributed by atoms with Crippen molar-refractivity contribution in [3.63, 3.8) is 0 Å². The van der Waals surface area contributed by atoms with E-state index in [9.17, 15) is 0 Å². The van der Waals surface area contributed by atoms with Gasteiger partial charge < -0.3 is 5.32 Å². The lowest BCUT2D eigenvalue weighted by Crippen LogP contribution is -2.39. The molecule has 1 aromatic carbocycles. The van der Waals surface area contributed by atoms with Gasteiger partial charge >= 0.3 is 0 Å². The molecule has 0 saturated heterocycles. The summed E-state index contributed by atoms with van der Waals surface area (Å²) in [6, 6.07) is 6.30. The second-order valence-corrected chi connectivity index (χ2v) is 5.81. The Hall–Kier alpha value is -0.530. The van der Waals surface area contributed by atoms with Gasteiger partial charge in [0.05, 0.1) is 0 Å². The van der Waals surface area contributed by atoms with Crippen LogP contribution in [0.15, 0.2) is 18.2 Å². The molecule has 0 heterocycles. The molecule has 1 nitrogen and oxygen atoms in total. The molecule has 2 rings (SSSR count). The zero-order chi connectivity index (χ0) is 12.3. The van der Waals surface area contributed by atoms with Gasteiger partial charge in [0.15, 0.2) is 0 Å². The highest BCUT2D eigenvalue weighted by atomic mass is 35.5. The van der Waals surface area contributed by atoms with Crippen LogP contribution in [0.1, 0.15) is 43.7 Å². The Bertz CT molecular complexity index is 377. The third-order valence-electron chi connectivity index (χ3n) is 4.19. The Morgan fingerprint density at radius 1 is 1.35 bits per heavy atom. The van der Waals surface area contributed by atoms with Crippen molar-refractivity contribution in [3.05, 3.63) is 34.3 Å². The maximum Gasteiger partial charge on any atom is 0.0453 e. The van der Waals surface area contributed by atoms with Gasteiger partial charge in [-0.05, 0) is 48.8 Å². The molecule has 1 N–H and O–H groups in total. The maximum atomic E-state index is 6.22. The Labute approximate surface area is 110 Å². The summed E-state index contributed by atoms with van der Waals surface area (Å²) in [5.41, 5.74) is 3.02. The van der Waals surface area contributed by atoms with Crippen molar-refractivity contribution in [2.75, 3.05) is 6.54 Å². The third-order valence-corrected chi connectivity index (χ3v) is 4.54. The van der Waals surface area contributed by atoms with E-state index >= 15 is 0 Å². The molecule has 1 aliphatic rings. The van der Waals surface area contributed by atoms with Crippen LogP contribution in [0.25, 0.3) is 0 Å². The normalized spacial score (nSPS) is 17.8. The zero-order valence-electron chi connectivity index (χ0n) is 10.9. The van der Waals surface area contributed by atoms with Gasteiger partial charge in [-0.3, -0.25) is 0 Å². The van der Waals surface area contributed by atoms with Gasteiger partial charge in [0.1, 0.15) is 0 Å². The van der Waals surface area contributed by atoms with Gasteiger partial charge in [0, 0.05) is 18.1 Å². The largest absolute Gasteiger partial charge is 0.312 e. The van der Waals surface area contributed by atoms with Gasteiger partial charge in [0.25, 0.3) is 0 Å². The number of rotatable bonds is 5. The molecule has 0 spiro atoms. The molecule has 94 valence electrons. The van der Waals surface area contributed by atoms with E-state index in [2.05, 4.69) is 31.3 Å². The van der Waals surface area contributed by atoms with Crippen LogP contribution in [0.5, 0.6) is 0 Å². The average Bonchev–Trinajstić information content (AvgIpc) is 2.25. The third kappa shape index (κ3) is 3.02. The predicted octanol–water partition coefficient (Wildman–Crippen LogP) is 4.32. The number of hydrogen-bond donors (Lipinski definition) is 1.